The zero-order chi connectivity index (χ0) is 32.7. The number of nitrogens with zero attached hydrogens (tertiary/aromatic N) is 2. The quantitative estimate of drug-likeness (QED) is 0.146. The summed E-state index contributed by atoms with van der Waals surface area (Å²) in [4.78, 5) is 6.91. The number of thioether (sulfide) groups is 2. The van der Waals surface area contributed by atoms with E-state index in [2.05, 4.69) is 58.4 Å². The number of unbranched alkanes of at least 4 members (excludes halogenated alkanes) is 3. The third kappa shape index (κ3) is 9.68. The van der Waals surface area contributed by atoms with Crippen molar-refractivity contribution in [2.24, 2.45) is 0 Å². The Kier molecular flexibility index (Phi) is 12.1. The Morgan fingerprint density at radius 1 is 0.804 bits per heavy atom. The van der Waals surface area contributed by atoms with E-state index in [9.17, 15) is 16.8 Å². The van der Waals surface area contributed by atoms with Crippen molar-refractivity contribution in [2.75, 3.05) is 34.4 Å². The van der Waals surface area contributed by atoms with Gasteiger partial charge in [-0.05, 0) is 86.4 Å². The average molecular weight is 723 g/mol. The molecule has 0 saturated carbocycles. The number of fused-ring (bicyclic) bond motifs is 2. The van der Waals surface area contributed by atoms with Crippen LogP contribution < -0.4 is 9.80 Å². The molecule has 0 amide bonds. The third-order valence-electron chi connectivity index (χ3n) is 8.05. The summed E-state index contributed by atoms with van der Waals surface area (Å²) in [6, 6.07) is 16.5. The Labute approximate surface area is 286 Å². The summed E-state index contributed by atoms with van der Waals surface area (Å²) in [6.07, 6.45) is 14.3. The Balaban J connectivity index is 1.28. The highest BCUT2D eigenvalue weighted by molar-refractivity contribution is 8.03. The van der Waals surface area contributed by atoms with Crippen LogP contribution in [-0.4, -0.2) is 55.9 Å². The van der Waals surface area contributed by atoms with Gasteiger partial charge in [-0.2, -0.15) is 16.8 Å². The van der Waals surface area contributed by atoms with E-state index in [-0.39, 0.29) is 16.9 Å². The Hall–Kier alpha value is -2.19. The maximum Gasteiger partial charge on any atom is 0.264 e. The third-order valence-corrected chi connectivity index (χ3v) is 12.5. The largest absolute Gasteiger partial charge is 0.355 e. The highest BCUT2D eigenvalue weighted by atomic mass is 35.5. The molecule has 0 aromatic heterocycles. The molecule has 248 valence electrons. The van der Waals surface area contributed by atoms with Crippen molar-refractivity contribution in [3.63, 3.8) is 0 Å². The highest BCUT2D eigenvalue weighted by Gasteiger charge is 2.28. The Morgan fingerprint density at radius 3 is 2.20 bits per heavy atom. The lowest BCUT2D eigenvalue weighted by atomic mass is 9.94. The number of benzene rings is 2. The van der Waals surface area contributed by atoms with E-state index < -0.39 is 20.2 Å². The number of hydrogen-bond donors (Lipinski definition) is 2. The van der Waals surface area contributed by atoms with Crippen LogP contribution in [0.1, 0.15) is 51.4 Å². The number of halogens is 1. The highest BCUT2D eigenvalue weighted by Crippen LogP contribution is 2.47. The Morgan fingerprint density at radius 2 is 1.46 bits per heavy atom. The molecule has 1 aliphatic carbocycles. The minimum Gasteiger partial charge on any atom is -0.355 e. The van der Waals surface area contributed by atoms with Crippen molar-refractivity contribution >= 4 is 66.7 Å². The van der Waals surface area contributed by atoms with Gasteiger partial charge in [0.25, 0.3) is 20.2 Å². The van der Waals surface area contributed by atoms with Crippen LogP contribution in [0.3, 0.4) is 0 Å². The normalized spacial score (nSPS) is 20.4. The molecule has 2 N–H and O–H groups in total. The van der Waals surface area contributed by atoms with Gasteiger partial charge in [0.2, 0.25) is 0 Å². The van der Waals surface area contributed by atoms with Gasteiger partial charge in [-0.1, -0.05) is 84.0 Å². The van der Waals surface area contributed by atoms with Crippen molar-refractivity contribution in [1.29, 1.82) is 0 Å². The van der Waals surface area contributed by atoms with Crippen LogP contribution >= 0.6 is 35.1 Å². The van der Waals surface area contributed by atoms with E-state index in [1.165, 1.54) is 9.79 Å². The smallest absolute Gasteiger partial charge is 0.264 e. The van der Waals surface area contributed by atoms with E-state index in [0.29, 0.717) is 32.2 Å². The molecular formula is C33H39ClN2O6S4. The zero-order valence-electron chi connectivity index (χ0n) is 25.4. The van der Waals surface area contributed by atoms with E-state index in [4.69, 9.17) is 20.7 Å². The van der Waals surface area contributed by atoms with Crippen molar-refractivity contribution in [1.82, 2.24) is 0 Å². The molecular weight excluding hydrogens is 684 g/mol. The van der Waals surface area contributed by atoms with Crippen molar-refractivity contribution in [3.8, 4) is 0 Å². The van der Waals surface area contributed by atoms with Crippen LogP contribution in [0.15, 0.2) is 104 Å². The fraction of sp³-hybridized carbons (Fsp3) is 0.394. The van der Waals surface area contributed by atoms with Crippen molar-refractivity contribution in [3.05, 3.63) is 94.0 Å². The van der Waals surface area contributed by atoms with E-state index in [0.717, 1.165) is 64.8 Å². The van der Waals surface area contributed by atoms with Gasteiger partial charge in [0.05, 0.1) is 33.3 Å². The number of para-hydroxylation sites is 2. The molecule has 8 nitrogen and oxygen atoms in total. The standard InChI is InChI=1S/C33H39ClN2O6S4/c34-33-25(17-19-31-35(21-6-1-8-23-45(37,38)39)27-13-2-4-15-29(27)43-31)11-10-12-26(33)18-20-32-36(22-7-9-24-46(40,41)42)28-14-3-5-16-30(28)44-32/h2-5,13-20,32H,1,6-12,21-24H2,(H,37,38,39)(H,40,41,42)/b20-18+,25-17+,31-19-. The molecule has 0 radical (unpaired) electrons. The van der Waals surface area contributed by atoms with Crippen LogP contribution in [0, 0.1) is 0 Å². The predicted octanol–water partition coefficient (Wildman–Crippen LogP) is 8.26. The van der Waals surface area contributed by atoms with Crippen molar-refractivity contribution < 1.29 is 25.9 Å². The van der Waals surface area contributed by atoms with Gasteiger partial charge in [0.15, 0.2) is 0 Å². The lowest BCUT2D eigenvalue weighted by Gasteiger charge is -2.25. The summed E-state index contributed by atoms with van der Waals surface area (Å²) in [7, 11) is -7.90. The van der Waals surface area contributed by atoms with Gasteiger partial charge in [0, 0.05) is 27.9 Å². The van der Waals surface area contributed by atoms with Crippen LogP contribution in [0.2, 0.25) is 0 Å². The molecule has 2 aromatic carbocycles. The van der Waals surface area contributed by atoms with E-state index in [1.54, 1.807) is 23.5 Å². The second-order valence-electron chi connectivity index (χ2n) is 11.5. The zero-order valence-corrected chi connectivity index (χ0v) is 29.4. The second kappa shape index (κ2) is 15.8. The molecule has 5 rings (SSSR count). The molecule has 2 aromatic rings. The van der Waals surface area contributed by atoms with Crippen LogP contribution in [-0.2, 0) is 20.2 Å². The van der Waals surface area contributed by atoms with Crippen LogP contribution in [0.25, 0.3) is 0 Å². The molecule has 13 heteroatoms. The molecule has 1 unspecified atom stereocenters. The first-order chi connectivity index (χ1) is 22.0. The molecule has 0 bridgehead atoms. The lowest BCUT2D eigenvalue weighted by Crippen LogP contribution is -2.29. The SMILES string of the molecule is O=S(=O)(O)CCCCCN1/C(=C/C=C2\CCCC(/C=C/C3Sc4ccccc4N3CCCCS(=O)(=O)O)=C2Cl)Sc2ccccc21. The maximum atomic E-state index is 11.2. The summed E-state index contributed by atoms with van der Waals surface area (Å²) in [5.74, 6) is -0.445. The van der Waals surface area contributed by atoms with Gasteiger partial charge < -0.3 is 9.80 Å². The first-order valence-electron chi connectivity index (χ1n) is 15.4. The number of hydrogen-bond acceptors (Lipinski definition) is 8. The number of rotatable bonds is 14. The Bertz CT molecular complexity index is 1750. The monoisotopic (exact) mass is 722 g/mol. The van der Waals surface area contributed by atoms with Gasteiger partial charge in [-0.3, -0.25) is 9.11 Å². The van der Waals surface area contributed by atoms with E-state index in [1.807, 2.05) is 24.3 Å². The minimum absolute atomic E-state index is 0.0519. The van der Waals surface area contributed by atoms with Crippen LogP contribution in [0.4, 0.5) is 11.4 Å². The molecule has 0 fully saturated rings. The summed E-state index contributed by atoms with van der Waals surface area (Å²) in [5, 5.41) is 1.92. The fourth-order valence-electron chi connectivity index (χ4n) is 5.80. The maximum absolute atomic E-state index is 11.2. The first-order valence-corrected chi connectivity index (χ1v) is 20.7. The summed E-state index contributed by atoms with van der Waals surface area (Å²) >= 11 is 10.5. The topological polar surface area (TPSA) is 115 Å². The van der Waals surface area contributed by atoms with E-state index >= 15 is 0 Å². The molecule has 0 spiro atoms. The van der Waals surface area contributed by atoms with Gasteiger partial charge >= 0.3 is 0 Å². The summed E-state index contributed by atoms with van der Waals surface area (Å²) < 4.78 is 62.7. The van der Waals surface area contributed by atoms with Gasteiger partial charge in [-0.25, -0.2) is 0 Å². The van der Waals surface area contributed by atoms with Gasteiger partial charge in [-0.15, -0.1) is 0 Å². The first kappa shape index (κ1) is 35.1. The van der Waals surface area contributed by atoms with Crippen LogP contribution in [0.5, 0.6) is 0 Å². The predicted molar refractivity (Wildman–Crippen MR) is 191 cm³/mol. The number of allylic oxidation sites excluding steroid dienone is 6. The lowest BCUT2D eigenvalue weighted by molar-refractivity contribution is 0.477. The molecule has 46 heavy (non-hydrogen) atoms. The number of anilines is 2. The molecule has 2 aliphatic heterocycles. The average Bonchev–Trinajstić information content (AvgIpc) is 3.54. The minimum atomic E-state index is -3.97. The summed E-state index contributed by atoms with van der Waals surface area (Å²) in [5.41, 5.74) is 4.45. The summed E-state index contributed by atoms with van der Waals surface area (Å²) in [6.45, 7) is 1.42. The molecule has 1 atom stereocenters. The fourth-order valence-corrected chi connectivity index (χ4v) is 9.57. The van der Waals surface area contributed by atoms with Gasteiger partial charge in [0.1, 0.15) is 0 Å². The van der Waals surface area contributed by atoms with Crippen molar-refractivity contribution in [2.45, 2.75) is 66.5 Å². The second-order valence-corrected chi connectivity index (χ2v) is 17.2. The molecule has 3 aliphatic rings. The molecule has 0 saturated heterocycles. The molecule has 2 heterocycles.